The van der Waals surface area contributed by atoms with Crippen LogP contribution in [-0.4, -0.2) is 18.6 Å². The molecule has 0 saturated carbocycles. The van der Waals surface area contributed by atoms with Crippen molar-refractivity contribution in [3.8, 4) is 0 Å². The lowest BCUT2D eigenvalue weighted by molar-refractivity contribution is 0.439. The average Bonchev–Trinajstić information content (AvgIpc) is 2.68. The van der Waals surface area contributed by atoms with E-state index in [0.717, 1.165) is 12.5 Å². The number of benzene rings is 1. The van der Waals surface area contributed by atoms with Crippen molar-refractivity contribution < 1.29 is 0 Å². The summed E-state index contributed by atoms with van der Waals surface area (Å²) in [4.78, 5) is 3.56. The van der Waals surface area contributed by atoms with Crippen LogP contribution in [0.4, 0.5) is 0 Å². The molecule has 1 aromatic carbocycles. The maximum atomic E-state index is 3.56. The van der Waals surface area contributed by atoms with Gasteiger partial charge in [-0.05, 0) is 50.4 Å². The average molecular weight is 214 g/mol. The van der Waals surface area contributed by atoms with Gasteiger partial charge < -0.3 is 10.3 Å². The number of aromatic amines is 1. The van der Waals surface area contributed by atoms with Gasteiger partial charge in [0, 0.05) is 16.6 Å². The highest BCUT2D eigenvalue weighted by molar-refractivity contribution is 5.84. The van der Waals surface area contributed by atoms with Crippen LogP contribution >= 0.6 is 0 Å². The Morgan fingerprint density at radius 2 is 2.25 bits per heavy atom. The molecule has 1 aromatic heterocycles. The predicted molar refractivity (Wildman–Crippen MR) is 67.7 cm³/mol. The summed E-state index contributed by atoms with van der Waals surface area (Å²) in [6.45, 7) is 1.14. The fourth-order valence-corrected chi connectivity index (χ4v) is 2.90. The van der Waals surface area contributed by atoms with Crippen LogP contribution in [-0.2, 0) is 12.8 Å². The molecule has 1 heterocycles. The van der Waals surface area contributed by atoms with Gasteiger partial charge in [0.2, 0.25) is 0 Å². The van der Waals surface area contributed by atoms with E-state index in [1.54, 1.807) is 5.56 Å². The standard InChI is InChI=1S/C14H18N2/c1-15-9-10-6-7-14-12(8-10)11-4-2-3-5-13(11)16-14/h2-5,10,15-16H,6-9H2,1H3. The van der Waals surface area contributed by atoms with Crippen molar-refractivity contribution in [1.29, 1.82) is 0 Å². The Bertz CT molecular complexity index is 498. The monoisotopic (exact) mass is 214 g/mol. The molecule has 0 spiro atoms. The third kappa shape index (κ3) is 1.54. The zero-order valence-corrected chi connectivity index (χ0v) is 9.72. The second kappa shape index (κ2) is 3.95. The van der Waals surface area contributed by atoms with Crippen molar-refractivity contribution in [3.63, 3.8) is 0 Å². The van der Waals surface area contributed by atoms with Gasteiger partial charge in [0.25, 0.3) is 0 Å². The quantitative estimate of drug-likeness (QED) is 0.789. The highest BCUT2D eigenvalue weighted by Crippen LogP contribution is 2.31. The molecule has 3 rings (SSSR count). The Balaban J connectivity index is 2.01. The molecule has 0 amide bonds. The Morgan fingerprint density at radius 3 is 3.12 bits per heavy atom. The first-order valence-corrected chi connectivity index (χ1v) is 6.11. The lowest BCUT2D eigenvalue weighted by atomic mass is 9.86. The Kier molecular flexibility index (Phi) is 2.44. The second-order valence-corrected chi connectivity index (χ2v) is 4.79. The van der Waals surface area contributed by atoms with Crippen LogP contribution in [0.3, 0.4) is 0 Å². The van der Waals surface area contributed by atoms with E-state index in [2.05, 4.69) is 34.6 Å². The number of hydrogen-bond donors (Lipinski definition) is 2. The van der Waals surface area contributed by atoms with Gasteiger partial charge in [-0.1, -0.05) is 18.2 Å². The normalized spacial score (nSPS) is 19.9. The molecule has 0 aliphatic heterocycles. The molecule has 2 aromatic rings. The van der Waals surface area contributed by atoms with E-state index in [1.165, 1.54) is 35.9 Å². The molecule has 1 unspecified atom stereocenters. The van der Waals surface area contributed by atoms with E-state index >= 15 is 0 Å². The van der Waals surface area contributed by atoms with Crippen LogP contribution in [0.5, 0.6) is 0 Å². The topological polar surface area (TPSA) is 27.8 Å². The molecule has 0 bridgehead atoms. The fraction of sp³-hybridized carbons (Fsp3) is 0.429. The van der Waals surface area contributed by atoms with Crippen LogP contribution in [0.1, 0.15) is 17.7 Å². The molecule has 0 radical (unpaired) electrons. The first-order chi connectivity index (χ1) is 7.88. The Morgan fingerprint density at radius 1 is 1.38 bits per heavy atom. The summed E-state index contributed by atoms with van der Waals surface area (Å²) in [7, 11) is 2.05. The van der Waals surface area contributed by atoms with E-state index in [0.29, 0.717) is 0 Å². The van der Waals surface area contributed by atoms with Crippen molar-refractivity contribution in [1.82, 2.24) is 10.3 Å². The molecule has 1 aliphatic rings. The van der Waals surface area contributed by atoms with Gasteiger partial charge in [-0.15, -0.1) is 0 Å². The minimum Gasteiger partial charge on any atom is -0.358 e. The van der Waals surface area contributed by atoms with Crippen molar-refractivity contribution in [3.05, 3.63) is 35.5 Å². The van der Waals surface area contributed by atoms with Gasteiger partial charge in [-0.25, -0.2) is 0 Å². The highest BCUT2D eigenvalue weighted by Gasteiger charge is 2.21. The van der Waals surface area contributed by atoms with Crippen LogP contribution in [0, 0.1) is 5.92 Å². The predicted octanol–water partition coefficient (Wildman–Crippen LogP) is 2.49. The molecular weight excluding hydrogens is 196 g/mol. The third-order valence-electron chi connectivity index (χ3n) is 3.69. The van der Waals surface area contributed by atoms with Crippen molar-refractivity contribution in [2.75, 3.05) is 13.6 Å². The minimum absolute atomic E-state index is 0.803. The van der Waals surface area contributed by atoms with Crippen LogP contribution < -0.4 is 5.32 Å². The summed E-state index contributed by atoms with van der Waals surface area (Å²) < 4.78 is 0. The summed E-state index contributed by atoms with van der Waals surface area (Å²) in [6, 6.07) is 8.67. The number of H-pyrrole nitrogens is 1. The van der Waals surface area contributed by atoms with Crippen molar-refractivity contribution >= 4 is 10.9 Å². The highest BCUT2D eigenvalue weighted by atomic mass is 14.8. The SMILES string of the molecule is CNCC1CCc2[nH]c3ccccc3c2C1. The first kappa shape index (κ1) is 9.91. The molecule has 1 aliphatic carbocycles. The number of aromatic nitrogens is 1. The number of rotatable bonds is 2. The molecule has 84 valence electrons. The van der Waals surface area contributed by atoms with Crippen molar-refractivity contribution in [2.24, 2.45) is 5.92 Å². The number of fused-ring (bicyclic) bond motifs is 3. The van der Waals surface area contributed by atoms with E-state index in [-0.39, 0.29) is 0 Å². The Hall–Kier alpha value is -1.28. The second-order valence-electron chi connectivity index (χ2n) is 4.79. The lowest BCUT2D eigenvalue weighted by Crippen LogP contribution is -2.24. The summed E-state index contributed by atoms with van der Waals surface area (Å²) >= 11 is 0. The van der Waals surface area contributed by atoms with Gasteiger partial charge >= 0.3 is 0 Å². The zero-order valence-electron chi connectivity index (χ0n) is 9.72. The third-order valence-corrected chi connectivity index (χ3v) is 3.69. The summed E-state index contributed by atoms with van der Waals surface area (Å²) in [5.41, 5.74) is 4.33. The molecule has 16 heavy (non-hydrogen) atoms. The van der Waals surface area contributed by atoms with Gasteiger partial charge in [-0.3, -0.25) is 0 Å². The first-order valence-electron chi connectivity index (χ1n) is 6.11. The maximum Gasteiger partial charge on any atom is 0.0458 e. The Labute approximate surface area is 96.1 Å². The number of para-hydroxylation sites is 1. The minimum atomic E-state index is 0.803. The van der Waals surface area contributed by atoms with Crippen LogP contribution in [0.2, 0.25) is 0 Å². The molecule has 2 nitrogen and oxygen atoms in total. The van der Waals surface area contributed by atoms with E-state index in [4.69, 9.17) is 0 Å². The molecule has 2 heteroatoms. The summed E-state index contributed by atoms with van der Waals surface area (Å²) in [5, 5.41) is 4.73. The van der Waals surface area contributed by atoms with Gasteiger partial charge in [0.15, 0.2) is 0 Å². The van der Waals surface area contributed by atoms with Crippen LogP contribution in [0.25, 0.3) is 10.9 Å². The molecule has 0 fully saturated rings. The van der Waals surface area contributed by atoms with Crippen molar-refractivity contribution in [2.45, 2.75) is 19.3 Å². The summed E-state index contributed by atoms with van der Waals surface area (Å²) in [6.07, 6.45) is 3.73. The molecule has 2 N–H and O–H groups in total. The smallest absolute Gasteiger partial charge is 0.0458 e. The van der Waals surface area contributed by atoms with E-state index in [9.17, 15) is 0 Å². The number of aryl methyl sites for hydroxylation is 1. The zero-order chi connectivity index (χ0) is 11.0. The summed E-state index contributed by atoms with van der Waals surface area (Å²) in [5.74, 6) is 0.803. The van der Waals surface area contributed by atoms with Crippen LogP contribution in [0.15, 0.2) is 24.3 Å². The van der Waals surface area contributed by atoms with E-state index in [1.807, 2.05) is 7.05 Å². The van der Waals surface area contributed by atoms with E-state index < -0.39 is 0 Å². The maximum absolute atomic E-state index is 3.56. The van der Waals surface area contributed by atoms with Gasteiger partial charge in [0.1, 0.15) is 0 Å². The van der Waals surface area contributed by atoms with Gasteiger partial charge in [-0.2, -0.15) is 0 Å². The molecule has 1 atom stereocenters. The molecule has 0 saturated heterocycles. The largest absolute Gasteiger partial charge is 0.358 e. The number of nitrogens with one attached hydrogen (secondary N) is 2. The fourth-order valence-electron chi connectivity index (χ4n) is 2.90. The number of hydrogen-bond acceptors (Lipinski definition) is 1. The van der Waals surface area contributed by atoms with Gasteiger partial charge in [0.05, 0.1) is 0 Å². The molecular formula is C14H18N2. The lowest BCUT2D eigenvalue weighted by Gasteiger charge is -2.22.